The lowest BCUT2D eigenvalue weighted by Gasteiger charge is -2.28. The molecule has 0 aromatic heterocycles. The topological polar surface area (TPSA) is 64.8 Å². The highest BCUT2D eigenvalue weighted by Gasteiger charge is 2.18. The molecule has 1 rings (SSSR count). The van der Waals surface area contributed by atoms with Gasteiger partial charge < -0.3 is 20.1 Å². The summed E-state index contributed by atoms with van der Waals surface area (Å²) in [6.45, 7) is 2.59. The quantitative estimate of drug-likeness (QED) is 0.636. The number of hydrogen-bond acceptors (Lipinski definition) is 5. The molecule has 18 heavy (non-hydrogen) atoms. The maximum atomic E-state index is 11.7. The minimum atomic E-state index is -0.395. The van der Waals surface area contributed by atoms with Crippen LogP contribution in [0, 0.1) is 0 Å². The van der Waals surface area contributed by atoms with Crippen molar-refractivity contribution in [1.29, 1.82) is 0 Å². The van der Waals surface area contributed by atoms with Crippen molar-refractivity contribution in [1.82, 2.24) is 0 Å². The smallest absolute Gasteiger partial charge is 0.340 e. The molecule has 0 fully saturated rings. The zero-order valence-electron chi connectivity index (χ0n) is 11.3. The molecule has 0 radical (unpaired) electrons. The lowest BCUT2D eigenvalue weighted by atomic mass is 10.1. The van der Waals surface area contributed by atoms with Crippen molar-refractivity contribution in [2.24, 2.45) is 0 Å². The normalized spacial score (nSPS) is 12.0. The minimum absolute atomic E-state index is 0.141. The van der Waals surface area contributed by atoms with Gasteiger partial charge in [-0.3, -0.25) is 0 Å². The summed E-state index contributed by atoms with van der Waals surface area (Å²) in [5.74, 6) is -0.395. The molecule has 0 aliphatic carbocycles. The van der Waals surface area contributed by atoms with Crippen molar-refractivity contribution >= 4 is 17.3 Å². The van der Waals surface area contributed by atoms with Gasteiger partial charge in [0.2, 0.25) is 0 Å². The van der Waals surface area contributed by atoms with Crippen molar-refractivity contribution in [2.75, 3.05) is 38.5 Å². The standard InChI is InChI=1S/C13H20N2O3/c1-9(8-17-3)15(2)12-6-5-10(14)7-11(12)13(16)18-4/h5-7,9H,8,14H2,1-4H3. The van der Waals surface area contributed by atoms with Gasteiger partial charge in [-0.15, -0.1) is 0 Å². The van der Waals surface area contributed by atoms with Crippen LogP contribution in [0.1, 0.15) is 17.3 Å². The molecule has 0 spiro atoms. The van der Waals surface area contributed by atoms with Crippen LogP contribution >= 0.6 is 0 Å². The number of methoxy groups -OCH3 is 2. The van der Waals surface area contributed by atoms with Crippen LogP contribution in [0.25, 0.3) is 0 Å². The highest BCUT2D eigenvalue weighted by atomic mass is 16.5. The maximum absolute atomic E-state index is 11.7. The monoisotopic (exact) mass is 252 g/mol. The van der Waals surface area contributed by atoms with E-state index in [9.17, 15) is 4.79 Å². The molecule has 0 bridgehead atoms. The van der Waals surface area contributed by atoms with E-state index in [0.29, 0.717) is 17.9 Å². The van der Waals surface area contributed by atoms with Gasteiger partial charge in [-0.1, -0.05) is 0 Å². The zero-order valence-corrected chi connectivity index (χ0v) is 11.3. The van der Waals surface area contributed by atoms with E-state index in [1.807, 2.05) is 24.9 Å². The first-order chi connectivity index (χ1) is 8.51. The Morgan fingerprint density at radius 2 is 2.11 bits per heavy atom. The minimum Gasteiger partial charge on any atom is -0.465 e. The van der Waals surface area contributed by atoms with Gasteiger partial charge in [0.15, 0.2) is 0 Å². The second kappa shape index (κ2) is 6.26. The van der Waals surface area contributed by atoms with Gasteiger partial charge >= 0.3 is 5.97 Å². The number of carbonyl (C=O) groups is 1. The number of likely N-dealkylation sites (N-methyl/N-ethyl adjacent to an activating group) is 1. The summed E-state index contributed by atoms with van der Waals surface area (Å²) in [6, 6.07) is 5.34. The molecular weight excluding hydrogens is 232 g/mol. The molecular formula is C13H20N2O3. The molecule has 1 aromatic rings. The molecule has 1 atom stereocenters. The highest BCUT2D eigenvalue weighted by Crippen LogP contribution is 2.24. The Kier molecular flexibility index (Phi) is 4.97. The molecule has 0 aliphatic rings. The number of anilines is 2. The summed E-state index contributed by atoms with van der Waals surface area (Å²) in [6.07, 6.45) is 0. The van der Waals surface area contributed by atoms with Crippen molar-refractivity contribution in [3.05, 3.63) is 23.8 Å². The van der Waals surface area contributed by atoms with E-state index in [4.69, 9.17) is 15.2 Å². The number of nitrogen functional groups attached to an aromatic ring is 1. The first-order valence-electron chi connectivity index (χ1n) is 5.70. The third-order valence-electron chi connectivity index (χ3n) is 2.87. The number of carbonyl (C=O) groups excluding carboxylic acids is 1. The fourth-order valence-corrected chi connectivity index (χ4v) is 1.73. The molecule has 0 saturated heterocycles. The Balaban J connectivity index is 3.11. The van der Waals surface area contributed by atoms with Crippen LogP contribution in [-0.2, 0) is 9.47 Å². The third-order valence-corrected chi connectivity index (χ3v) is 2.87. The van der Waals surface area contributed by atoms with Crippen molar-refractivity contribution in [3.8, 4) is 0 Å². The van der Waals surface area contributed by atoms with Gasteiger partial charge in [0, 0.05) is 25.9 Å². The van der Waals surface area contributed by atoms with E-state index >= 15 is 0 Å². The first kappa shape index (κ1) is 14.3. The van der Waals surface area contributed by atoms with E-state index in [0.717, 1.165) is 5.69 Å². The van der Waals surface area contributed by atoms with E-state index < -0.39 is 5.97 Å². The zero-order chi connectivity index (χ0) is 13.7. The Morgan fingerprint density at radius 1 is 1.44 bits per heavy atom. The van der Waals surface area contributed by atoms with Crippen LogP contribution in [0.2, 0.25) is 0 Å². The number of esters is 1. The summed E-state index contributed by atoms with van der Waals surface area (Å²) in [5, 5.41) is 0. The molecule has 100 valence electrons. The molecule has 1 unspecified atom stereocenters. The Labute approximate surface area is 107 Å². The van der Waals surface area contributed by atoms with Crippen molar-refractivity contribution < 1.29 is 14.3 Å². The molecule has 1 aromatic carbocycles. The van der Waals surface area contributed by atoms with Gasteiger partial charge in [-0.05, 0) is 25.1 Å². The number of nitrogens with two attached hydrogens (primary N) is 1. The fraction of sp³-hybridized carbons (Fsp3) is 0.462. The number of ether oxygens (including phenoxy) is 2. The summed E-state index contributed by atoms with van der Waals surface area (Å²) in [7, 11) is 4.91. The summed E-state index contributed by atoms with van der Waals surface area (Å²) in [5.41, 5.74) is 7.48. The SMILES string of the molecule is COCC(C)N(C)c1ccc(N)cc1C(=O)OC. The predicted octanol–water partition coefficient (Wildman–Crippen LogP) is 1.53. The third kappa shape index (κ3) is 3.13. The lowest BCUT2D eigenvalue weighted by molar-refractivity contribution is 0.0601. The van der Waals surface area contributed by atoms with Crippen LogP contribution in [0.5, 0.6) is 0 Å². The van der Waals surface area contributed by atoms with Gasteiger partial charge in [-0.25, -0.2) is 4.79 Å². The average molecular weight is 252 g/mol. The summed E-state index contributed by atoms with van der Waals surface area (Å²) in [4.78, 5) is 13.7. The van der Waals surface area contributed by atoms with Gasteiger partial charge in [0.05, 0.1) is 25.0 Å². The van der Waals surface area contributed by atoms with Gasteiger partial charge in [0.1, 0.15) is 0 Å². The highest BCUT2D eigenvalue weighted by molar-refractivity contribution is 5.96. The first-order valence-corrected chi connectivity index (χ1v) is 5.70. The van der Waals surface area contributed by atoms with E-state index in [1.54, 1.807) is 19.2 Å². The van der Waals surface area contributed by atoms with Gasteiger partial charge in [0.25, 0.3) is 0 Å². The summed E-state index contributed by atoms with van der Waals surface area (Å²) < 4.78 is 9.88. The van der Waals surface area contributed by atoms with Crippen LogP contribution in [0.4, 0.5) is 11.4 Å². The van der Waals surface area contributed by atoms with Crippen LogP contribution in [-0.4, -0.2) is 39.9 Å². The van der Waals surface area contributed by atoms with Crippen LogP contribution in [0.3, 0.4) is 0 Å². The predicted molar refractivity (Wildman–Crippen MR) is 71.9 cm³/mol. The average Bonchev–Trinajstić information content (AvgIpc) is 2.37. The Morgan fingerprint density at radius 3 is 2.67 bits per heavy atom. The van der Waals surface area contributed by atoms with Crippen LogP contribution < -0.4 is 10.6 Å². The largest absolute Gasteiger partial charge is 0.465 e. The lowest BCUT2D eigenvalue weighted by Crippen LogP contribution is -2.33. The molecule has 0 amide bonds. The molecule has 0 aliphatic heterocycles. The Bertz CT molecular complexity index is 421. The summed E-state index contributed by atoms with van der Waals surface area (Å²) >= 11 is 0. The van der Waals surface area contributed by atoms with E-state index in [2.05, 4.69) is 0 Å². The second-order valence-electron chi connectivity index (χ2n) is 4.18. The fourth-order valence-electron chi connectivity index (χ4n) is 1.73. The second-order valence-corrected chi connectivity index (χ2v) is 4.18. The molecule has 0 heterocycles. The number of benzene rings is 1. The number of nitrogens with zero attached hydrogens (tertiary/aromatic N) is 1. The molecule has 5 heteroatoms. The van der Waals surface area contributed by atoms with E-state index in [-0.39, 0.29) is 6.04 Å². The Hall–Kier alpha value is -1.75. The molecule has 0 saturated carbocycles. The van der Waals surface area contributed by atoms with Crippen molar-refractivity contribution in [2.45, 2.75) is 13.0 Å². The number of rotatable bonds is 5. The molecule has 5 nitrogen and oxygen atoms in total. The number of hydrogen-bond donors (Lipinski definition) is 1. The van der Waals surface area contributed by atoms with Crippen LogP contribution in [0.15, 0.2) is 18.2 Å². The van der Waals surface area contributed by atoms with Crippen molar-refractivity contribution in [3.63, 3.8) is 0 Å². The van der Waals surface area contributed by atoms with E-state index in [1.165, 1.54) is 7.11 Å². The molecule has 2 N–H and O–H groups in total. The van der Waals surface area contributed by atoms with Gasteiger partial charge in [-0.2, -0.15) is 0 Å². The maximum Gasteiger partial charge on any atom is 0.340 e.